The second-order valence-electron chi connectivity index (χ2n) is 7.83. The average Bonchev–Trinajstić information content (AvgIpc) is 2.83. The van der Waals surface area contributed by atoms with Gasteiger partial charge in [0.1, 0.15) is 24.7 Å². The molecule has 0 N–H and O–H groups in total. The van der Waals surface area contributed by atoms with Gasteiger partial charge >= 0.3 is 0 Å². The molecule has 3 heterocycles. The lowest BCUT2D eigenvalue weighted by Gasteiger charge is -2.14. The predicted molar refractivity (Wildman–Crippen MR) is 133 cm³/mol. The van der Waals surface area contributed by atoms with Crippen LogP contribution < -0.4 is 4.74 Å². The van der Waals surface area contributed by atoms with Crippen molar-refractivity contribution in [2.45, 2.75) is 47.0 Å². The molecular formula is C27H32N4O2. The monoisotopic (exact) mass is 444 g/mol. The van der Waals surface area contributed by atoms with Gasteiger partial charge in [-0.05, 0) is 64.3 Å². The number of ether oxygens (including phenoxy) is 1. The number of rotatable bonds is 11. The number of pyridine rings is 3. The van der Waals surface area contributed by atoms with Crippen molar-refractivity contribution >= 4 is 5.71 Å². The van der Waals surface area contributed by atoms with Gasteiger partial charge in [0.15, 0.2) is 0 Å². The third kappa shape index (κ3) is 6.72. The summed E-state index contributed by atoms with van der Waals surface area (Å²) in [6, 6.07) is 13.9. The molecule has 0 unspecified atom stereocenters. The van der Waals surface area contributed by atoms with Gasteiger partial charge in [-0.15, -0.1) is 0 Å². The van der Waals surface area contributed by atoms with Gasteiger partial charge in [0.2, 0.25) is 0 Å². The second-order valence-corrected chi connectivity index (χ2v) is 7.83. The van der Waals surface area contributed by atoms with Crippen LogP contribution in [0.2, 0.25) is 0 Å². The summed E-state index contributed by atoms with van der Waals surface area (Å²) in [6.45, 7) is 12.7. The van der Waals surface area contributed by atoms with E-state index in [1.54, 1.807) is 6.08 Å². The van der Waals surface area contributed by atoms with E-state index in [1.807, 2.05) is 63.2 Å². The lowest BCUT2D eigenvalue weighted by molar-refractivity contribution is 0.141. The van der Waals surface area contributed by atoms with E-state index in [0.717, 1.165) is 70.5 Å². The molecule has 3 rings (SSSR count). The standard InChI is InChI=1S/C27H32N4O2/c1-6-16-32-26-18-22(7-2)30-27(20(26)4)25-15-9-12-23(29-25)13-10-17-33-31-21(5)24-14-8-11-19(3)28-24/h6,8-9,11-12,14-15,18H,1,7,10,13,16-17H2,2-5H3. The molecule has 33 heavy (non-hydrogen) atoms. The van der Waals surface area contributed by atoms with Crippen molar-refractivity contribution in [3.05, 3.63) is 83.5 Å². The fourth-order valence-electron chi connectivity index (χ4n) is 3.37. The molecule has 0 radical (unpaired) electrons. The van der Waals surface area contributed by atoms with Gasteiger partial charge in [0.25, 0.3) is 0 Å². The van der Waals surface area contributed by atoms with Crippen LogP contribution in [0.1, 0.15) is 48.6 Å². The highest BCUT2D eigenvalue weighted by Gasteiger charge is 2.13. The molecule has 0 aliphatic carbocycles. The highest BCUT2D eigenvalue weighted by Crippen LogP contribution is 2.29. The van der Waals surface area contributed by atoms with Crippen molar-refractivity contribution in [2.75, 3.05) is 13.2 Å². The Balaban J connectivity index is 1.64. The molecule has 0 aliphatic heterocycles. The second kappa shape index (κ2) is 11.9. The molecule has 0 atom stereocenters. The average molecular weight is 445 g/mol. The molecular weight excluding hydrogens is 412 g/mol. The fraction of sp³-hybridized carbons (Fsp3) is 0.333. The number of aryl methyl sites for hydroxylation is 3. The summed E-state index contributed by atoms with van der Waals surface area (Å²) in [7, 11) is 0. The summed E-state index contributed by atoms with van der Waals surface area (Å²) >= 11 is 0. The summed E-state index contributed by atoms with van der Waals surface area (Å²) in [5.74, 6) is 0.827. The molecule has 6 heteroatoms. The third-order valence-electron chi connectivity index (χ3n) is 5.18. The number of hydrogen-bond acceptors (Lipinski definition) is 6. The van der Waals surface area contributed by atoms with Crippen molar-refractivity contribution in [3.63, 3.8) is 0 Å². The minimum atomic E-state index is 0.461. The maximum atomic E-state index is 5.85. The van der Waals surface area contributed by atoms with Crippen LogP contribution in [0, 0.1) is 13.8 Å². The maximum Gasteiger partial charge on any atom is 0.126 e. The molecule has 3 aromatic heterocycles. The molecule has 0 saturated heterocycles. The number of aromatic nitrogens is 3. The molecule has 0 fully saturated rings. The van der Waals surface area contributed by atoms with E-state index in [1.165, 1.54) is 0 Å². The van der Waals surface area contributed by atoms with Gasteiger partial charge in [0.05, 0.1) is 17.1 Å². The Hall–Kier alpha value is -3.54. The minimum Gasteiger partial charge on any atom is -0.489 e. The Labute approximate surface area is 196 Å². The topological polar surface area (TPSA) is 69.5 Å². The zero-order chi connectivity index (χ0) is 23.6. The quantitative estimate of drug-likeness (QED) is 0.165. The predicted octanol–water partition coefficient (Wildman–Crippen LogP) is 5.66. The smallest absolute Gasteiger partial charge is 0.126 e. The normalized spacial score (nSPS) is 11.3. The largest absolute Gasteiger partial charge is 0.489 e. The van der Waals surface area contributed by atoms with Crippen LogP contribution in [0.3, 0.4) is 0 Å². The van der Waals surface area contributed by atoms with Gasteiger partial charge in [-0.25, -0.2) is 0 Å². The number of oxime groups is 1. The summed E-state index contributed by atoms with van der Waals surface area (Å²) in [5.41, 5.74) is 7.23. The Morgan fingerprint density at radius 1 is 1.06 bits per heavy atom. The SMILES string of the molecule is C=CCOc1cc(CC)nc(-c2cccc(CCCON=C(C)c3cccc(C)n3)n2)c1C. The lowest BCUT2D eigenvalue weighted by atomic mass is 10.1. The van der Waals surface area contributed by atoms with Crippen LogP contribution in [0.15, 0.2) is 60.3 Å². The molecule has 6 nitrogen and oxygen atoms in total. The van der Waals surface area contributed by atoms with Gasteiger partial charge in [-0.1, -0.05) is 36.9 Å². The summed E-state index contributed by atoms with van der Waals surface area (Å²) in [5, 5.41) is 4.20. The van der Waals surface area contributed by atoms with Gasteiger partial charge in [-0.2, -0.15) is 0 Å². The molecule has 0 spiro atoms. The van der Waals surface area contributed by atoms with Gasteiger partial charge in [-0.3, -0.25) is 15.0 Å². The molecule has 0 amide bonds. The Morgan fingerprint density at radius 2 is 1.88 bits per heavy atom. The van der Waals surface area contributed by atoms with Crippen LogP contribution >= 0.6 is 0 Å². The van der Waals surface area contributed by atoms with Crippen LogP contribution in [0.25, 0.3) is 11.4 Å². The maximum absolute atomic E-state index is 5.85. The minimum absolute atomic E-state index is 0.461. The van der Waals surface area contributed by atoms with Crippen LogP contribution in [-0.4, -0.2) is 33.9 Å². The van der Waals surface area contributed by atoms with E-state index in [4.69, 9.17) is 19.5 Å². The zero-order valence-electron chi connectivity index (χ0n) is 20.0. The summed E-state index contributed by atoms with van der Waals surface area (Å²) in [6.07, 6.45) is 4.17. The molecule has 0 aromatic carbocycles. The van der Waals surface area contributed by atoms with E-state index in [9.17, 15) is 0 Å². The Morgan fingerprint density at radius 3 is 2.64 bits per heavy atom. The third-order valence-corrected chi connectivity index (χ3v) is 5.18. The van der Waals surface area contributed by atoms with Crippen LogP contribution in [0.5, 0.6) is 5.75 Å². The van der Waals surface area contributed by atoms with Crippen molar-refractivity contribution in [1.82, 2.24) is 15.0 Å². The number of hydrogen-bond donors (Lipinski definition) is 0. The first kappa shape index (κ1) is 24.1. The van der Waals surface area contributed by atoms with Gasteiger partial charge < -0.3 is 9.57 Å². The molecule has 172 valence electrons. The highest BCUT2D eigenvalue weighted by atomic mass is 16.6. The van der Waals surface area contributed by atoms with Crippen molar-refractivity contribution in [1.29, 1.82) is 0 Å². The fourth-order valence-corrected chi connectivity index (χ4v) is 3.37. The van der Waals surface area contributed by atoms with Crippen molar-refractivity contribution < 1.29 is 9.57 Å². The lowest BCUT2D eigenvalue weighted by Crippen LogP contribution is -2.03. The van der Waals surface area contributed by atoms with Crippen LogP contribution in [0.4, 0.5) is 0 Å². The van der Waals surface area contributed by atoms with Crippen molar-refractivity contribution in [3.8, 4) is 17.1 Å². The molecule has 0 saturated carbocycles. The Kier molecular flexibility index (Phi) is 8.70. The van der Waals surface area contributed by atoms with E-state index in [-0.39, 0.29) is 0 Å². The first-order valence-corrected chi connectivity index (χ1v) is 11.3. The van der Waals surface area contributed by atoms with E-state index < -0.39 is 0 Å². The summed E-state index contributed by atoms with van der Waals surface area (Å²) in [4.78, 5) is 19.6. The van der Waals surface area contributed by atoms with E-state index >= 15 is 0 Å². The van der Waals surface area contributed by atoms with E-state index in [2.05, 4.69) is 23.6 Å². The van der Waals surface area contributed by atoms with E-state index in [0.29, 0.717) is 13.2 Å². The van der Waals surface area contributed by atoms with Gasteiger partial charge in [0, 0.05) is 28.7 Å². The molecule has 0 aliphatic rings. The first-order valence-electron chi connectivity index (χ1n) is 11.3. The molecule has 0 bridgehead atoms. The number of nitrogens with zero attached hydrogens (tertiary/aromatic N) is 4. The summed E-state index contributed by atoms with van der Waals surface area (Å²) < 4.78 is 5.85. The van der Waals surface area contributed by atoms with Crippen LogP contribution in [-0.2, 0) is 17.7 Å². The zero-order valence-corrected chi connectivity index (χ0v) is 20.0. The molecule has 3 aromatic rings. The first-order chi connectivity index (χ1) is 16.0. The van der Waals surface area contributed by atoms with Crippen molar-refractivity contribution in [2.24, 2.45) is 5.16 Å². The Bertz CT molecular complexity index is 1120. The highest BCUT2D eigenvalue weighted by molar-refractivity contribution is 5.96.